The highest BCUT2D eigenvalue weighted by Gasteiger charge is 2.36. The van der Waals surface area contributed by atoms with Gasteiger partial charge in [-0.1, -0.05) is 42.8 Å². The lowest BCUT2D eigenvalue weighted by atomic mass is 9.92. The van der Waals surface area contributed by atoms with E-state index in [0.717, 1.165) is 42.3 Å². The standard InChI is InChI=1S/C43H39N7O8.ClH/c51-38(45-14-13-44-15-20-48-40(53)32-10-4-7-26-8-5-11-33(36(26)32)41(48)54)28-21-29(39(52)46-16-19-47-17-2-1-3-18-47)24-30(23-28)49-42(55)34-12-6-9-27-22-31(50(57)58)25-35(37(27)34)43(49)56;/h4-12,21-25,44H,1-3,13-20H2,(H,45,51)(H,46,52);1H. The number of nitro benzene ring substituents is 1. The molecule has 0 bridgehead atoms. The van der Waals surface area contributed by atoms with E-state index in [1.54, 1.807) is 36.4 Å². The van der Waals surface area contributed by atoms with Crippen LogP contribution in [0.3, 0.4) is 0 Å². The summed E-state index contributed by atoms with van der Waals surface area (Å²) in [5.41, 5.74) is 0.683. The lowest BCUT2D eigenvalue weighted by Crippen LogP contribution is -2.44. The van der Waals surface area contributed by atoms with Gasteiger partial charge < -0.3 is 20.9 Å². The largest absolute Gasteiger partial charge is 0.351 e. The lowest BCUT2D eigenvalue weighted by Gasteiger charge is -2.28. The number of nitrogens with one attached hydrogen (secondary N) is 3. The number of non-ortho nitro benzene ring substituents is 1. The molecule has 3 heterocycles. The Kier molecular flexibility index (Phi) is 11.8. The first kappa shape index (κ1) is 40.6. The van der Waals surface area contributed by atoms with Gasteiger partial charge in [-0.25, -0.2) is 4.90 Å². The summed E-state index contributed by atoms with van der Waals surface area (Å²) in [7, 11) is 0. The predicted molar refractivity (Wildman–Crippen MR) is 223 cm³/mol. The summed E-state index contributed by atoms with van der Waals surface area (Å²) in [5.74, 6) is -3.39. The SMILES string of the molecule is Cl.O=C(NCCNCCN1C(=O)c2cccc3cccc(c23)C1=O)c1cc(C(=O)NCCN2CCCCC2)cc(N2C(=O)c3cccc4cc([N+](=O)[O-])cc(c34)C2=O)c1. The maximum absolute atomic E-state index is 14.1. The second-order valence-electron chi connectivity index (χ2n) is 14.5. The summed E-state index contributed by atoms with van der Waals surface area (Å²) in [4.78, 5) is 97.2. The number of nitro groups is 1. The van der Waals surface area contributed by atoms with Gasteiger partial charge in [-0.15, -0.1) is 12.4 Å². The molecular weight excluding hydrogens is 778 g/mol. The molecule has 0 aliphatic carbocycles. The number of hydrogen-bond acceptors (Lipinski definition) is 10. The van der Waals surface area contributed by atoms with Crippen LogP contribution in [0.1, 0.15) is 81.4 Å². The van der Waals surface area contributed by atoms with Crippen LogP contribution in [0.15, 0.2) is 84.9 Å². The molecule has 3 aliphatic heterocycles. The molecule has 1 fully saturated rings. The van der Waals surface area contributed by atoms with Crippen molar-refractivity contribution in [1.82, 2.24) is 25.8 Å². The average molecular weight is 818 g/mol. The highest BCUT2D eigenvalue weighted by molar-refractivity contribution is 6.36. The van der Waals surface area contributed by atoms with Gasteiger partial charge in [0.15, 0.2) is 0 Å². The number of piperidine rings is 1. The average Bonchev–Trinajstić information content (AvgIpc) is 3.24. The molecule has 3 N–H and O–H groups in total. The topological polar surface area (TPSA) is 191 Å². The van der Waals surface area contributed by atoms with Crippen molar-refractivity contribution in [3.05, 3.63) is 128 Å². The Labute approximate surface area is 344 Å². The molecule has 0 spiro atoms. The van der Waals surface area contributed by atoms with Crippen LogP contribution in [0.5, 0.6) is 0 Å². The van der Waals surface area contributed by atoms with Gasteiger partial charge >= 0.3 is 0 Å². The quantitative estimate of drug-likeness (QED) is 0.0634. The number of carbonyl (C=O) groups excluding carboxylic acids is 6. The lowest BCUT2D eigenvalue weighted by molar-refractivity contribution is -0.384. The van der Waals surface area contributed by atoms with E-state index in [-0.39, 0.29) is 89.4 Å². The Hall–Kier alpha value is -6.55. The van der Waals surface area contributed by atoms with E-state index in [9.17, 15) is 38.9 Å². The molecule has 0 unspecified atom stereocenters. The van der Waals surface area contributed by atoms with E-state index >= 15 is 0 Å². The fourth-order valence-electron chi connectivity index (χ4n) is 8.01. The third-order valence-electron chi connectivity index (χ3n) is 10.9. The molecule has 0 radical (unpaired) electrons. The van der Waals surface area contributed by atoms with Gasteiger partial charge in [0.25, 0.3) is 41.1 Å². The highest BCUT2D eigenvalue weighted by atomic mass is 35.5. The molecule has 0 atom stereocenters. The van der Waals surface area contributed by atoms with Crippen molar-refractivity contribution >= 4 is 80.8 Å². The summed E-state index contributed by atoms with van der Waals surface area (Å²) in [5, 5.41) is 22.7. The van der Waals surface area contributed by atoms with Crippen molar-refractivity contribution in [2.24, 2.45) is 0 Å². The first-order chi connectivity index (χ1) is 28.1. The van der Waals surface area contributed by atoms with Crippen LogP contribution in [0.2, 0.25) is 0 Å². The fourth-order valence-corrected chi connectivity index (χ4v) is 8.01. The Bertz CT molecular complexity index is 2520. The van der Waals surface area contributed by atoms with Crippen molar-refractivity contribution in [3.8, 4) is 0 Å². The Balaban J connectivity index is 0.00000528. The van der Waals surface area contributed by atoms with Crippen LogP contribution in [0, 0.1) is 10.1 Å². The van der Waals surface area contributed by atoms with Crippen molar-refractivity contribution in [2.75, 3.05) is 57.3 Å². The maximum atomic E-state index is 14.1. The fraction of sp³-hybridized carbons (Fsp3) is 0.256. The number of imide groups is 2. The van der Waals surface area contributed by atoms with E-state index < -0.39 is 28.6 Å². The van der Waals surface area contributed by atoms with Gasteiger partial charge in [-0.3, -0.25) is 43.8 Å². The van der Waals surface area contributed by atoms with Crippen LogP contribution in [-0.2, 0) is 0 Å². The number of carbonyl (C=O) groups is 6. The van der Waals surface area contributed by atoms with Gasteiger partial charge in [0.05, 0.1) is 16.2 Å². The predicted octanol–water partition coefficient (Wildman–Crippen LogP) is 4.95. The van der Waals surface area contributed by atoms with E-state index in [1.807, 2.05) is 12.1 Å². The zero-order valence-corrected chi connectivity index (χ0v) is 32.6. The molecule has 16 heteroatoms. The zero-order valence-electron chi connectivity index (χ0n) is 31.8. The number of halogens is 1. The molecular formula is C43H40ClN7O8. The number of nitrogens with zero attached hydrogens (tertiary/aromatic N) is 4. The highest BCUT2D eigenvalue weighted by Crippen LogP contribution is 2.36. The molecule has 15 nitrogen and oxygen atoms in total. The monoisotopic (exact) mass is 817 g/mol. The second kappa shape index (κ2) is 17.1. The molecule has 3 aliphatic rings. The Morgan fingerprint density at radius 3 is 1.80 bits per heavy atom. The minimum atomic E-state index is -0.832. The third kappa shape index (κ3) is 7.87. The Morgan fingerprint density at radius 1 is 0.610 bits per heavy atom. The molecule has 8 rings (SSSR count). The van der Waals surface area contributed by atoms with Gasteiger partial charge in [0, 0.05) is 90.0 Å². The zero-order chi connectivity index (χ0) is 40.5. The summed E-state index contributed by atoms with van der Waals surface area (Å²) < 4.78 is 0. The van der Waals surface area contributed by atoms with Crippen molar-refractivity contribution in [2.45, 2.75) is 19.3 Å². The smallest absolute Gasteiger partial charge is 0.270 e. The first-order valence-corrected chi connectivity index (χ1v) is 19.2. The third-order valence-corrected chi connectivity index (χ3v) is 10.9. The van der Waals surface area contributed by atoms with Crippen LogP contribution in [-0.4, -0.2) is 103 Å². The van der Waals surface area contributed by atoms with E-state index in [1.165, 1.54) is 41.7 Å². The van der Waals surface area contributed by atoms with Gasteiger partial charge in [-0.2, -0.15) is 0 Å². The molecule has 1 saturated heterocycles. The van der Waals surface area contributed by atoms with Gasteiger partial charge in [-0.05, 0) is 73.1 Å². The molecule has 0 saturated carbocycles. The molecule has 5 aromatic carbocycles. The number of anilines is 1. The Morgan fingerprint density at radius 2 is 1.17 bits per heavy atom. The van der Waals surface area contributed by atoms with Gasteiger partial charge in [0.1, 0.15) is 0 Å². The maximum Gasteiger partial charge on any atom is 0.270 e. The van der Waals surface area contributed by atoms with Crippen LogP contribution >= 0.6 is 12.4 Å². The normalized spacial score (nSPS) is 15.1. The van der Waals surface area contributed by atoms with Crippen molar-refractivity contribution in [1.29, 1.82) is 0 Å². The number of benzene rings is 5. The minimum Gasteiger partial charge on any atom is -0.351 e. The molecule has 59 heavy (non-hydrogen) atoms. The summed E-state index contributed by atoms with van der Waals surface area (Å²) in [6.07, 6.45) is 3.35. The molecule has 6 amide bonds. The van der Waals surface area contributed by atoms with E-state index in [0.29, 0.717) is 35.0 Å². The summed E-state index contributed by atoms with van der Waals surface area (Å²) in [6, 6.07) is 21.9. The first-order valence-electron chi connectivity index (χ1n) is 19.2. The number of rotatable bonds is 13. The van der Waals surface area contributed by atoms with Crippen molar-refractivity contribution in [3.63, 3.8) is 0 Å². The summed E-state index contributed by atoms with van der Waals surface area (Å²) >= 11 is 0. The van der Waals surface area contributed by atoms with E-state index in [2.05, 4.69) is 20.9 Å². The van der Waals surface area contributed by atoms with Crippen molar-refractivity contribution < 1.29 is 33.7 Å². The van der Waals surface area contributed by atoms with E-state index in [4.69, 9.17) is 0 Å². The van der Waals surface area contributed by atoms with Crippen LogP contribution in [0.4, 0.5) is 11.4 Å². The van der Waals surface area contributed by atoms with Crippen LogP contribution in [0.25, 0.3) is 21.5 Å². The summed E-state index contributed by atoms with van der Waals surface area (Å²) in [6.45, 7) is 3.60. The number of amides is 6. The molecule has 302 valence electrons. The molecule has 5 aromatic rings. The molecule has 0 aromatic heterocycles. The number of likely N-dealkylation sites (tertiary alicyclic amines) is 1. The van der Waals surface area contributed by atoms with Crippen LogP contribution < -0.4 is 20.9 Å². The number of hydrogen-bond donors (Lipinski definition) is 3. The minimum absolute atomic E-state index is 0. The second-order valence-corrected chi connectivity index (χ2v) is 14.5. The van der Waals surface area contributed by atoms with Gasteiger partial charge in [0.2, 0.25) is 0 Å².